The summed E-state index contributed by atoms with van der Waals surface area (Å²) in [5, 5.41) is 3.42. The highest BCUT2D eigenvalue weighted by atomic mass is 32.2. The topological polar surface area (TPSA) is 18.5 Å². The van der Waals surface area contributed by atoms with Crippen LogP contribution in [-0.2, 0) is 0 Å². The second-order valence-corrected chi connectivity index (χ2v) is 9.06. The predicted octanol–water partition coefficient (Wildman–Crippen LogP) is 6.08. The third-order valence-corrected chi connectivity index (χ3v) is 7.01. The van der Waals surface area contributed by atoms with Gasteiger partial charge in [0.2, 0.25) is 0 Å². The Balaban J connectivity index is 1.95. The molecule has 1 aliphatic rings. The van der Waals surface area contributed by atoms with E-state index in [-0.39, 0.29) is 0 Å². The van der Waals surface area contributed by atoms with Crippen LogP contribution in [0.4, 0.5) is 11.4 Å². The van der Waals surface area contributed by atoms with Gasteiger partial charge in [-0.3, -0.25) is 0 Å². The molecule has 0 amide bonds. The maximum atomic E-state index is 5.68. The Morgan fingerprint density at radius 2 is 1.79 bits per heavy atom. The van der Waals surface area contributed by atoms with Gasteiger partial charge in [-0.05, 0) is 50.7 Å². The van der Waals surface area contributed by atoms with Gasteiger partial charge in [0.25, 0.3) is 0 Å². The molecule has 1 atom stereocenters. The molecule has 3 nitrogen and oxygen atoms in total. The third-order valence-electron chi connectivity index (χ3n) is 5.50. The van der Waals surface area contributed by atoms with Crippen LogP contribution in [0, 0.1) is 0 Å². The van der Waals surface area contributed by atoms with E-state index in [1.54, 1.807) is 0 Å². The van der Waals surface area contributed by atoms with Gasteiger partial charge in [0, 0.05) is 34.5 Å². The molecule has 0 aliphatic carbocycles. The zero-order valence-electron chi connectivity index (χ0n) is 18.1. The minimum absolute atomic E-state index is 0.368. The minimum Gasteiger partial charge on any atom is -0.376 e. The zero-order chi connectivity index (χ0) is 20.8. The summed E-state index contributed by atoms with van der Waals surface area (Å²) in [5.74, 6) is 0. The molecule has 0 unspecified atom stereocenters. The van der Waals surface area contributed by atoms with Crippen molar-refractivity contribution in [2.75, 3.05) is 31.1 Å². The number of benzene rings is 2. The summed E-state index contributed by atoms with van der Waals surface area (Å²) in [6.45, 7) is 13.1. The van der Waals surface area contributed by atoms with E-state index < -0.39 is 0 Å². The number of hydrogen-bond acceptors (Lipinski definition) is 4. The van der Waals surface area contributed by atoms with Gasteiger partial charge in [-0.25, -0.2) is 0 Å². The fourth-order valence-electron chi connectivity index (χ4n) is 3.82. The fraction of sp³-hybridized carbons (Fsp3) is 0.458. The molecule has 0 saturated carbocycles. The van der Waals surface area contributed by atoms with Crippen molar-refractivity contribution in [2.45, 2.75) is 56.4 Å². The van der Waals surface area contributed by atoms with Crippen LogP contribution in [0.15, 0.2) is 52.3 Å². The molecule has 0 spiro atoms. The molecule has 3 rings (SSSR count). The van der Waals surface area contributed by atoms with Gasteiger partial charge in [-0.1, -0.05) is 69.4 Å². The van der Waals surface area contributed by atoms with Gasteiger partial charge >= 0.3 is 0 Å². The molecule has 2 aromatic rings. The SMILES string of the molecule is CCCCNC(=S)c1ccc2c(c1)N([C@H](C)CN(CC)CC)c1ccccc1S2. The van der Waals surface area contributed by atoms with Crippen molar-refractivity contribution in [1.82, 2.24) is 10.2 Å². The Labute approximate surface area is 185 Å². The van der Waals surface area contributed by atoms with Gasteiger partial charge in [0.15, 0.2) is 0 Å². The molecule has 1 aliphatic heterocycles. The number of nitrogens with zero attached hydrogens (tertiary/aromatic N) is 2. The standard InChI is InChI=1S/C24H33N3S2/c1-5-8-15-25-24(28)19-13-14-23-21(16-19)27(18(4)17-26(6-2)7-3)20-11-9-10-12-22(20)29-23/h9-14,16,18H,5-8,15,17H2,1-4H3,(H,25,28)/t18-/m1/s1. The van der Waals surface area contributed by atoms with E-state index in [1.165, 1.54) is 27.6 Å². The summed E-state index contributed by atoms with van der Waals surface area (Å²) in [6.07, 6.45) is 2.31. The molecule has 1 N–H and O–H groups in total. The van der Waals surface area contributed by atoms with Gasteiger partial charge in [-0.15, -0.1) is 0 Å². The second-order valence-electron chi connectivity index (χ2n) is 7.57. The average Bonchev–Trinajstić information content (AvgIpc) is 2.75. The second kappa shape index (κ2) is 10.5. The van der Waals surface area contributed by atoms with Crippen molar-refractivity contribution in [3.63, 3.8) is 0 Å². The highest BCUT2D eigenvalue weighted by molar-refractivity contribution is 7.99. The maximum absolute atomic E-state index is 5.68. The first-order valence-electron chi connectivity index (χ1n) is 10.8. The Hall–Kier alpha value is -1.56. The smallest absolute Gasteiger partial charge is 0.106 e. The fourth-order valence-corrected chi connectivity index (χ4v) is 5.10. The number of thiocarbonyl (C=S) groups is 1. The maximum Gasteiger partial charge on any atom is 0.106 e. The molecule has 0 aromatic heterocycles. The van der Waals surface area contributed by atoms with E-state index in [4.69, 9.17) is 12.2 Å². The summed E-state index contributed by atoms with van der Waals surface area (Å²) in [7, 11) is 0. The van der Waals surface area contributed by atoms with Crippen LogP contribution in [0.5, 0.6) is 0 Å². The Morgan fingerprint density at radius 3 is 2.52 bits per heavy atom. The van der Waals surface area contributed by atoms with E-state index in [0.29, 0.717) is 6.04 Å². The molecule has 29 heavy (non-hydrogen) atoms. The van der Waals surface area contributed by atoms with Crippen LogP contribution in [-0.4, -0.2) is 42.1 Å². The lowest BCUT2D eigenvalue weighted by molar-refractivity contribution is 0.288. The average molecular weight is 428 g/mol. The lowest BCUT2D eigenvalue weighted by Crippen LogP contribution is -2.41. The highest BCUT2D eigenvalue weighted by Crippen LogP contribution is 2.49. The van der Waals surface area contributed by atoms with Crippen LogP contribution in [0.25, 0.3) is 0 Å². The van der Waals surface area contributed by atoms with E-state index in [2.05, 4.69) is 85.3 Å². The van der Waals surface area contributed by atoms with Crippen molar-refractivity contribution in [1.29, 1.82) is 0 Å². The third kappa shape index (κ3) is 5.14. The van der Waals surface area contributed by atoms with Gasteiger partial charge in [-0.2, -0.15) is 0 Å². The lowest BCUT2D eigenvalue weighted by Gasteiger charge is -2.39. The number of fused-ring (bicyclic) bond motifs is 2. The number of rotatable bonds is 9. The monoisotopic (exact) mass is 427 g/mol. The van der Waals surface area contributed by atoms with E-state index in [1.807, 2.05) is 11.8 Å². The van der Waals surface area contributed by atoms with Crippen molar-refractivity contribution in [3.8, 4) is 0 Å². The first kappa shape index (κ1) is 22.1. The molecule has 2 aromatic carbocycles. The van der Waals surface area contributed by atoms with Crippen LogP contribution in [0.3, 0.4) is 0 Å². The molecule has 0 radical (unpaired) electrons. The Kier molecular flexibility index (Phi) is 7.99. The quantitative estimate of drug-likeness (QED) is 0.385. The molecule has 0 saturated heterocycles. The van der Waals surface area contributed by atoms with Crippen LogP contribution in [0.2, 0.25) is 0 Å². The van der Waals surface area contributed by atoms with Crippen LogP contribution in [0.1, 0.15) is 46.1 Å². The van der Waals surface area contributed by atoms with Crippen molar-refractivity contribution < 1.29 is 0 Å². The van der Waals surface area contributed by atoms with E-state index >= 15 is 0 Å². The van der Waals surface area contributed by atoms with Crippen LogP contribution < -0.4 is 10.2 Å². The molecule has 156 valence electrons. The largest absolute Gasteiger partial charge is 0.376 e. The summed E-state index contributed by atoms with van der Waals surface area (Å²) >= 11 is 7.54. The van der Waals surface area contributed by atoms with Crippen molar-refractivity contribution in [3.05, 3.63) is 48.0 Å². The number of unbranched alkanes of at least 4 members (excludes halogenated alkanes) is 1. The van der Waals surface area contributed by atoms with Crippen molar-refractivity contribution >= 4 is 40.3 Å². The molecule has 0 fully saturated rings. The van der Waals surface area contributed by atoms with Gasteiger partial charge in [0.05, 0.1) is 11.4 Å². The molecule has 5 heteroatoms. The Bertz CT molecular complexity index is 833. The van der Waals surface area contributed by atoms with E-state index in [0.717, 1.165) is 43.2 Å². The van der Waals surface area contributed by atoms with Gasteiger partial charge < -0.3 is 15.1 Å². The molecule has 1 heterocycles. The molecular formula is C24H33N3S2. The number of nitrogens with one attached hydrogen (secondary N) is 1. The van der Waals surface area contributed by atoms with Gasteiger partial charge in [0.1, 0.15) is 4.99 Å². The normalized spacial score (nSPS) is 13.8. The first-order valence-corrected chi connectivity index (χ1v) is 12.0. The summed E-state index contributed by atoms with van der Waals surface area (Å²) in [5.41, 5.74) is 3.67. The number of likely N-dealkylation sites (N-methyl/N-ethyl adjacent to an activating group) is 1. The summed E-state index contributed by atoms with van der Waals surface area (Å²) < 4.78 is 0. The number of para-hydroxylation sites is 1. The zero-order valence-corrected chi connectivity index (χ0v) is 19.7. The molecule has 0 bridgehead atoms. The Morgan fingerprint density at radius 1 is 1.07 bits per heavy atom. The minimum atomic E-state index is 0.368. The van der Waals surface area contributed by atoms with E-state index in [9.17, 15) is 0 Å². The number of hydrogen-bond donors (Lipinski definition) is 1. The number of anilines is 2. The predicted molar refractivity (Wildman–Crippen MR) is 131 cm³/mol. The van der Waals surface area contributed by atoms with Crippen LogP contribution >= 0.6 is 24.0 Å². The summed E-state index contributed by atoms with van der Waals surface area (Å²) in [4.78, 5) is 8.48. The van der Waals surface area contributed by atoms with Crippen molar-refractivity contribution in [2.24, 2.45) is 0 Å². The first-order chi connectivity index (χ1) is 14.1. The molecular weight excluding hydrogens is 394 g/mol. The summed E-state index contributed by atoms with van der Waals surface area (Å²) in [6, 6.07) is 15.8. The highest BCUT2D eigenvalue weighted by Gasteiger charge is 2.28. The lowest BCUT2D eigenvalue weighted by atomic mass is 10.1.